The van der Waals surface area contributed by atoms with Crippen molar-refractivity contribution in [1.29, 1.82) is 0 Å². The number of nitrogens with zero attached hydrogens (tertiary/aromatic N) is 1. The van der Waals surface area contributed by atoms with Crippen molar-refractivity contribution in [2.45, 2.75) is 20.0 Å². The average Bonchev–Trinajstić information content (AvgIpc) is 2.43. The second-order valence-corrected chi connectivity index (χ2v) is 4.74. The lowest BCUT2D eigenvalue weighted by Crippen LogP contribution is -2.28. The topological polar surface area (TPSA) is 20.3 Å². The molecule has 0 fully saturated rings. The lowest BCUT2D eigenvalue weighted by molar-refractivity contribution is -0.130. The Balaban J connectivity index is 2.15. The molecule has 0 bridgehead atoms. The van der Waals surface area contributed by atoms with E-state index in [1.165, 1.54) is 30.0 Å². The SMILES string of the molecule is CC(=O)N(Cc1ccc(F)cc1)Cc1ccc(F)cc1F. The molecule has 0 aliphatic heterocycles. The van der Waals surface area contributed by atoms with Crippen LogP contribution in [0.3, 0.4) is 0 Å². The van der Waals surface area contributed by atoms with E-state index in [1.807, 2.05) is 0 Å². The molecule has 2 aromatic carbocycles. The van der Waals surface area contributed by atoms with Crippen molar-refractivity contribution in [3.05, 3.63) is 71.0 Å². The second-order valence-electron chi connectivity index (χ2n) is 4.74. The molecular formula is C16H14F3NO. The summed E-state index contributed by atoms with van der Waals surface area (Å²) in [4.78, 5) is 13.1. The van der Waals surface area contributed by atoms with E-state index in [0.717, 1.165) is 17.7 Å². The Kier molecular flexibility index (Phi) is 4.62. The van der Waals surface area contributed by atoms with Crippen molar-refractivity contribution in [2.75, 3.05) is 0 Å². The first-order chi connectivity index (χ1) is 9.95. The first-order valence-corrected chi connectivity index (χ1v) is 6.39. The van der Waals surface area contributed by atoms with Gasteiger partial charge >= 0.3 is 0 Å². The number of hydrogen-bond acceptors (Lipinski definition) is 1. The van der Waals surface area contributed by atoms with Gasteiger partial charge in [0.15, 0.2) is 0 Å². The summed E-state index contributed by atoms with van der Waals surface area (Å²) in [6.07, 6.45) is 0. The minimum absolute atomic E-state index is 0.0266. The number of benzene rings is 2. The number of carbonyl (C=O) groups is 1. The highest BCUT2D eigenvalue weighted by atomic mass is 19.1. The van der Waals surface area contributed by atoms with Gasteiger partial charge in [-0.2, -0.15) is 0 Å². The zero-order valence-corrected chi connectivity index (χ0v) is 11.4. The first kappa shape index (κ1) is 15.1. The standard InChI is InChI=1S/C16H14F3NO/c1-11(21)20(9-12-2-5-14(17)6-3-12)10-13-4-7-15(18)8-16(13)19/h2-8H,9-10H2,1H3. The van der Waals surface area contributed by atoms with Crippen molar-refractivity contribution in [1.82, 2.24) is 4.90 Å². The second kappa shape index (κ2) is 6.43. The Morgan fingerprint density at radius 2 is 1.57 bits per heavy atom. The van der Waals surface area contributed by atoms with Crippen LogP contribution in [0, 0.1) is 17.5 Å². The minimum Gasteiger partial charge on any atom is -0.334 e. The lowest BCUT2D eigenvalue weighted by atomic mass is 10.1. The minimum atomic E-state index is -0.694. The monoisotopic (exact) mass is 293 g/mol. The summed E-state index contributed by atoms with van der Waals surface area (Å²) < 4.78 is 39.4. The maximum atomic E-state index is 13.6. The highest BCUT2D eigenvalue weighted by Gasteiger charge is 2.13. The molecule has 0 heterocycles. The molecule has 0 atom stereocenters. The van der Waals surface area contributed by atoms with Gasteiger partial charge in [-0.25, -0.2) is 13.2 Å². The Hall–Kier alpha value is -2.30. The van der Waals surface area contributed by atoms with Crippen LogP contribution in [-0.4, -0.2) is 10.8 Å². The van der Waals surface area contributed by atoms with Gasteiger partial charge in [-0.3, -0.25) is 4.79 Å². The fourth-order valence-corrected chi connectivity index (χ4v) is 1.94. The molecule has 0 unspecified atom stereocenters. The van der Waals surface area contributed by atoms with E-state index in [-0.39, 0.29) is 30.4 Å². The molecule has 0 aliphatic rings. The van der Waals surface area contributed by atoms with Crippen molar-refractivity contribution in [3.63, 3.8) is 0 Å². The predicted octanol–water partition coefficient (Wildman–Crippen LogP) is 3.65. The van der Waals surface area contributed by atoms with Crippen LogP contribution < -0.4 is 0 Å². The molecule has 2 nitrogen and oxygen atoms in total. The van der Waals surface area contributed by atoms with Crippen LogP contribution in [0.15, 0.2) is 42.5 Å². The summed E-state index contributed by atoms with van der Waals surface area (Å²) in [5.41, 5.74) is 0.961. The molecule has 0 aliphatic carbocycles. The smallest absolute Gasteiger partial charge is 0.220 e. The van der Waals surface area contributed by atoms with Crippen LogP contribution in [0.1, 0.15) is 18.1 Å². The zero-order valence-electron chi connectivity index (χ0n) is 11.4. The van der Waals surface area contributed by atoms with Crippen LogP contribution in [0.4, 0.5) is 13.2 Å². The van der Waals surface area contributed by atoms with Gasteiger partial charge in [-0.05, 0) is 23.8 Å². The van der Waals surface area contributed by atoms with Crippen LogP contribution in [0.25, 0.3) is 0 Å². The summed E-state index contributed by atoms with van der Waals surface area (Å²) in [7, 11) is 0. The molecule has 110 valence electrons. The van der Waals surface area contributed by atoms with Gasteiger partial charge < -0.3 is 4.90 Å². The van der Waals surface area contributed by atoms with Crippen molar-refractivity contribution < 1.29 is 18.0 Å². The van der Waals surface area contributed by atoms with Gasteiger partial charge in [0.2, 0.25) is 5.91 Å². The van der Waals surface area contributed by atoms with Crippen LogP contribution >= 0.6 is 0 Å². The molecule has 0 saturated heterocycles. The van der Waals surface area contributed by atoms with E-state index in [1.54, 1.807) is 12.1 Å². The molecule has 0 saturated carbocycles. The molecular weight excluding hydrogens is 279 g/mol. The third-order valence-corrected chi connectivity index (χ3v) is 3.11. The highest BCUT2D eigenvalue weighted by Crippen LogP contribution is 2.15. The van der Waals surface area contributed by atoms with Crippen LogP contribution in [0.2, 0.25) is 0 Å². The maximum Gasteiger partial charge on any atom is 0.220 e. The van der Waals surface area contributed by atoms with E-state index >= 15 is 0 Å². The van der Waals surface area contributed by atoms with Gasteiger partial charge in [-0.15, -0.1) is 0 Å². The number of carbonyl (C=O) groups excluding carboxylic acids is 1. The Bertz CT molecular complexity index is 640. The van der Waals surface area contributed by atoms with E-state index in [9.17, 15) is 18.0 Å². The molecule has 0 N–H and O–H groups in total. The third kappa shape index (κ3) is 4.08. The molecule has 0 aromatic heterocycles. The molecule has 5 heteroatoms. The van der Waals surface area contributed by atoms with E-state index in [4.69, 9.17) is 0 Å². The van der Waals surface area contributed by atoms with Gasteiger partial charge in [0.25, 0.3) is 0 Å². The summed E-state index contributed by atoms with van der Waals surface area (Å²) in [5.74, 6) is -1.97. The summed E-state index contributed by atoms with van der Waals surface area (Å²) in [6.45, 7) is 1.62. The van der Waals surface area contributed by atoms with Gasteiger partial charge in [0.1, 0.15) is 17.5 Å². The fourth-order valence-electron chi connectivity index (χ4n) is 1.94. The van der Waals surface area contributed by atoms with Gasteiger partial charge in [0.05, 0.1) is 0 Å². The molecule has 1 amide bonds. The molecule has 2 aromatic rings. The number of halogens is 3. The van der Waals surface area contributed by atoms with E-state index in [2.05, 4.69) is 0 Å². The van der Waals surface area contributed by atoms with E-state index in [0.29, 0.717) is 0 Å². The average molecular weight is 293 g/mol. The Morgan fingerprint density at radius 3 is 2.14 bits per heavy atom. The largest absolute Gasteiger partial charge is 0.334 e. The quantitative estimate of drug-likeness (QED) is 0.842. The summed E-state index contributed by atoms with van der Waals surface area (Å²) >= 11 is 0. The van der Waals surface area contributed by atoms with Crippen molar-refractivity contribution in [2.24, 2.45) is 0 Å². The molecule has 2 rings (SSSR count). The number of amides is 1. The predicted molar refractivity (Wildman–Crippen MR) is 72.7 cm³/mol. The van der Waals surface area contributed by atoms with Crippen LogP contribution in [-0.2, 0) is 17.9 Å². The van der Waals surface area contributed by atoms with E-state index < -0.39 is 11.6 Å². The normalized spacial score (nSPS) is 10.5. The number of hydrogen-bond donors (Lipinski definition) is 0. The van der Waals surface area contributed by atoms with Crippen molar-refractivity contribution in [3.8, 4) is 0 Å². The lowest BCUT2D eigenvalue weighted by Gasteiger charge is -2.21. The van der Waals surface area contributed by atoms with Crippen LogP contribution in [0.5, 0.6) is 0 Å². The van der Waals surface area contributed by atoms with Gasteiger partial charge in [0, 0.05) is 31.6 Å². The van der Waals surface area contributed by atoms with Gasteiger partial charge in [-0.1, -0.05) is 18.2 Å². The Morgan fingerprint density at radius 1 is 0.952 bits per heavy atom. The molecule has 0 radical (unpaired) electrons. The zero-order chi connectivity index (χ0) is 15.4. The summed E-state index contributed by atoms with van der Waals surface area (Å²) in [5, 5.41) is 0. The highest BCUT2D eigenvalue weighted by molar-refractivity contribution is 5.73. The van der Waals surface area contributed by atoms with Crippen molar-refractivity contribution >= 4 is 5.91 Å². The molecule has 0 spiro atoms. The Labute approximate surface area is 120 Å². The number of rotatable bonds is 4. The first-order valence-electron chi connectivity index (χ1n) is 6.39. The fraction of sp³-hybridized carbons (Fsp3) is 0.188. The third-order valence-electron chi connectivity index (χ3n) is 3.11. The molecule has 21 heavy (non-hydrogen) atoms. The maximum absolute atomic E-state index is 13.6. The summed E-state index contributed by atoms with van der Waals surface area (Å²) in [6, 6.07) is 8.96.